The second-order valence-electron chi connectivity index (χ2n) is 4.24. The molecule has 0 spiro atoms. The number of hydrazine groups is 1. The van der Waals surface area contributed by atoms with Gasteiger partial charge in [-0.3, -0.25) is 10.2 Å². The van der Waals surface area contributed by atoms with Gasteiger partial charge in [-0.15, -0.1) is 0 Å². The van der Waals surface area contributed by atoms with E-state index >= 15 is 0 Å². The van der Waals surface area contributed by atoms with Crippen molar-refractivity contribution in [1.29, 1.82) is 0 Å². The molecule has 0 aliphatic rings. The van der Waals surface area contributed by atoms with Crippen LogP contribution in [0.1, 0.15) is 18.4 Å². The highest BCUT2D eigenvalue weighted by molar-refractivity contribution is 5.80. The van der Waals surface area contributed by atoms with Crippen molar-refractivity contribution >= 4 is 16.8 Å². The summed E-state index contributed by atoms with van der Waals surface area (Å²) in [4.78, 5) is 11.0. The topological polar surface area (TPSA) is 60.0 Å². The van der Waals surface area contributed by atoms with Crippen LogP contribution in [0.2, 0.25) is 0 Å². The van der Waals surface area contributed by atoms with Gasteiger partial charge in [0, 0.05) is 24.7 Å². The molecule has 0 radical (unpaired) electrons. The summed E-state index contributed by atoms with van der Waals surface area (Å²) in [6, 6.07) is 8.48. The molecule has 2 rings (SSSR count). The highest BCUT2D eigenvalue weighted by Gasteiger charge is 2.02. The molecule has 0 aliphatic heterocycles. The molecule has 1 amide bonds. The van der Waals surface area contributed by atoms with Crippen LogP contribution in [0.5, 0.6) is 0 Å². The molecule has 0 unspecified atom stereocenters. The first-order chi connectivity index (χ1) is 8.20. The van der Waals surface area contributed by atoms with Gasteiger partial charge >= 0.3 is 0 Å². The van der Waals surface area contributed by atoms with Crippen molar-refractivity contribution < 1.29 is 4.79 Å². The molecule has 17 heavy (non-hydrogen) atoms. The van der Waals surface area contributed by atoms with Crippen LogP contribution in [0.4, 0.5) is 0 Å². The summed E-state index contributed by atoms with van der Waals surface area (Å²) in [5.74, 6) is 4.92. The van der Waals surface area contributed by atoms with E-state index in [4.69, 9.17) is 5.84 Å². The van der Waals surface area contributed by atoms with Gasteiger partial charge in [0.15, 0.2) is 0 Å². The second-order valence-corrected chi connectivity index (χ2v) is 4.24. The highest BCUT2D eigenvalue weighted by Crippen LogP contribution is 2.17. The number of aryl methyl sites for hydroxylation is 2. The van der Waals surface area contributed by atoms with Crippen LogP contribution in [0.3, 0.4) is 0 Å². The molecule has 1 heterocycles. The molecule has 1 aromatic heterocycles. The molecular weight excluding hydrogens is 214 g/mol. The molecule has 90 valence electrons. The number of nitrogens with zero attached hydrogens (tertiary/aromatic N) is 1. The lowest BCUT2D eigenvalue weighted by Gasteiger charge is -2.05. The van der Waals surface area contributed by atoms with Crippen LogP contribution < -0.4 is 11.3 Å². The maximum Gasteiger partial charge on any atom is 0.233 e. The third kappa shape index (κ3) is 2.65. The molecular formula is C13H17N3O. The number of amides is 1. The van der Waals surface area contributed by atoms with Gasteiger partial charge in [-0.05, 0) is 36.4 Å². The summed E-state index contributed by atoms with van der Waals surface area (Å²) in [6.45, 7) is 2.92. The first-order valence-corrected chi connectivity index (χ1v) is 5.75. The van der Waals surface area contributed by atoms with Gasteiger partial charge in [0.1, 0.15) is 0 Å². The number of nitrogens with one attached hydrogen (secondary N) is 1. The van der Waals surface area contributed by atoms with Crippen LogP contribution in [-0.2, 0) is 11.3 Å². The largest absolute Gasteiger partial charge is 0.347 e. The van der Waals surface area contributed by atoms with E-state index in [0.717, 1.165) is 13.0 Å². The fourth-order valence-corrected chi connectivity index (χ4v) is 1.97. The minimum atomic E-state index is -0.113. The zero-order valence-electron chi connectivity index (χ0n) is 9.94. The van der Waals surface area contributed by atoms with Crippen molar-refractivity contribution in [2.45, 2.75) is 26.3 Å². The van der Waals surface area contributed by atoms with Crippen LogP contribution in [0, 0.1) is 6.92 Å². The van der Waals surface area contributed by atoms with Crippen LogP contribution in [0.25, 0.3) is 10.9 Å². The number of aromatic nitrogens is 1. The lowest BCUT2D eigenvalue weighted by molar-refractivity contribution is -0.121. The van der Waals surface area contributed by atoms with E-state index in [0.29, 0.717) is 6.42 Å². The third-order valence-electron chi connectivity index (χ3n) is 2.89. The Morgan fingerprint density at radius 3 is 3.00 bits per heavy atom. The van der Waals surface area contributed by atoms with E-state index in [-0.39, 0.29) is 5.91 Å². The second kappa shape index (κ2) is 5.01. The molecule has 0 fully saturated rings. The first kappa shape index (κ1) is 11.7. The molecule has 4 heteroatoms. The van der Waals surface area contributed by atoms with E-state index < -0.39 is 0 Å². The standard InChI is InChI=1S/C13H17N3O/c1-10-4-5-11-6-8-16(12(11)9-10)7-2-3-13(17)15-14/h4-6,8-9H,2-3,7,14H2,1H3,(H,15,17). The fraction of sp³-hybridized carbons (Fsp3) is 0.308. The maximum absolute atomic E-state index is 11.0. The van der Waals surface area contributed by atoms with E-state index in [1.807, 2.05) is 0 Å². The average Bonchev–Trinajstić information content (AvgIpc) is 2.72. The molecule has 0 aliphatic carbocycles. The van der Waals surface area contributed by atoms with Gasteiger partial charge < -0.3 is 4.57 Å². The Balaban J connectivity index is 2.08. The Morgan fingerprint density at radius 1 is 1.41 bits per heavy atom. The summed E-state index contributed by atoms with van der Waals surface area (Å²) >= 11 is 0. The Kier molecular flexibility index (Phi) is 3.44. The summed E-state index contributed by atoms with van der Waals surface area (Å²) in [5, 5.41) is 1.24. The summed E-state index contributed by atoms with van der Waals surface area (Å²) in [7, 11) is 0. The van der Waals surface area contributed by atoms with Crippen molar-refractivity contribution in [3.05, 3.63) is 36.0 Å². The van der Waals surface area contributed by atoms with E-state index in [9.17, 15) is 4.79 Å². The number of hydrogen-bond donors (Lipinski definition) is 2. The normalized spacial score (nSPS) is 10.7. The van der Waals surface area contributed by atoms with Crippen molar-refractivity contribution in [3.63, 3.8) is 0 Å². The highest BCUT2D eigenvalue weighted by atomic mass is 16.2. The van der Waals surface area contributed by atoms with E-state index in [2.05, 4.69) is 47.4 Å². The monoisotopic (exact) mass is 231 g/mol. The van der Waals surface area contributed by atoms with Gasteiger partial charge in [-0.25, -0.2) is 5.84 Å². The number of benzene rings is 1. The molecule has 0 saturated carbocycles. The number of fused-ring (bicyclic) bond motifs is 1. The van der Waals surface area contributed by atoms with Crippen molar-refractivity contribution in [2.75, 3.05) is 0 Å². The Hall–Kier alpha value is -1.81. The number of carbonyl (C=O) groups is 1. The summed E-state index contributed by atoms with van der Waals surface area (Å²) in [5.41, 5.74) is 4.61. The predicted octanol–water partition coefficient (Wildman–Crippen LogP) is 1.72. The van der Waals surface area contributed by atoms with Gasteiger partial charge in [0.2, 0.25) is 5.91 Å². The number of carbonyl (C=O) groups excluding carboxylic acids is 1. The minimum absolute atomic E-state index is 0.113. The minimum Gasteiger partial charge on any atom is -0.347 e. The SMILES string of the molecule is Cc1ccc2ccn(CCCC(=O)NN)c2c1. The van der Waals surface area contributed by atoms with Crippen LogP contribution >= 0.6 is 0 Å². The molecule has 2 aromatic rings. The quantitative estimate of drug-likeness (QED) is 0.478. The lowest BCUT2D eigenvalue weighted by Crippen LogP contribution is -2.29. The molecule has 4 nitrogen and oxygen atoms in total. The van der Waals surface area contributed by atoms with E-state index in [1.54, 1.807) is 0 Å². The maximum atomic E-state index is 11.0. The van der Waals surface area contributed by atoms with Crippen molar-refractivity contribution in [3.8, 4) is 0 Å². The Bertz CT molecular complexity index is 530. The smallest absolute Gasteiger partial charge is 0.233 e. The third-order valence-corrected chi connectivity index (χ3v) is 2.89. The lowest BCUT2D eigenvalue weighted by atomic mass is 10.2. The molecule has 0 atom stereocenters. The van der Waals surface area contributed by atoms with Gasteiger partial charge in [-0.2, -0.15) is 0 Å². The zero-order chi connectivity index (χ0) is 12.3. The van der Waals surface area contributed by atoms with Crippen molar-refractivity contribution in [2.24, 2.45) is 5.84 Å². The summed E-state index contributed by atoms with van der Waals surface area (Å²) < 4.78 is 2.17. The number of hydrogen-bond acceptors (Lipinski definition) is 2. The molecule has 0 saturated heterocycles. The van der Waals surface area contributed by atoms with Crippen molar-refractivity contribution in [1.82, 2.24) is 9.99 Å². The zero-order valence-corrected chi connectivity index (χ0v) is 9.94. The summed E-state index contributed by atoms with van der Waals surface area (Å²) in [6.07, 6.45) is 3.31. The fourth-order valence-electron chi connectivity index (χ4n) is 1.97. The molecule has 1 aromatic carbocycles. The first-order valence-electron chi connectivity index (χ1n) is 5.75. The van der Waals surface area contributed by atoms with Gasteiger partial charge in [0.05, 0.1) is 0 Å². The van der Waals surface area contributed by atoms with Crippen LogP contribution in [-0.4, -0.2) is 10.5 Å². The molecule has 0 bridgehead atoms. The predicted molar refractivity (Wildman–Crippen MR) is 68.2 cm³/mol. The van der Waals surface area contributed by atoms with Gasteiger partial charge in [0.25, 0.3) is 0 Å². The van der Waals surface area contributed by atoms with Crippen LogP contribution in [0.15, 0.2) is 30.5 Å². The Labute approximate surface area is 100 Å². The number of rotatable bonds is 4. The van der Waals surface area contributed by atoms with Gasteiger partial charge in [-0.1, -0.05) is 12.1 Å². The average molecular weight is 231 g/mol. The molecule has 3 N–H and O–H groups in total. The Morgan fingerprint density at radius 2 is 2.24 bits per heavy atom. The van der Waals surface area contributed by atoms with E-state index in [1.165, 1.54) is 16.5 Å². The number of nitrogens with two attached hydrogens (primary N) is 1.